The monoisotopic (exact) mass is 333 g/mol. The lowest BCUT2D eigenvalue weighted by Gasteiger charge is -2.14. The smallest absolute Gasteiger partial charge is 0.317 e. The first-order chi connectivity index (χ1) is 10.8. The first-order valence-corrected chi connectivity index (χ1v) is 8.94. The Bertz CT molecular complexity index is 798. The minimum atomic E-state index is -3.20. The van der Waals surface area contributed by atoms with Crippen molar-refractivity contribution in [1.29, 1.82) is 0 Å². The van der Waals surface area contributed by atoms with Crippen molar-refractivity contribution >= 4 is 15.8 Å². The zero-order chi connectivity index (χ0) is 17.0. The molecule has 0 bridgehead atoms. The molecule has 0 saturated heterocycles. The van der Waals surface area contributed by atoms with E-state index in [0.717, 1.165) is 16.7 Å². The van der Waals surface area contributed by atoms with Crippen molar-refractivity contribution < 1.29 is 18.3 Å². The molecule has 0 aliphatic heterocycles. The Balaban J connectivity index is 2.21. The molecule has 0 unspecified atom stereocenters. The standard InChI is InChI=1S/C17H19NO4S/c1-18(12-17(19)20)11-13-4-3-5-15(10-13)14-6-8-16(9-7-14)23(2,21)22/h3-10H,11-12H2,1-2H3,(H,19,20). The predicted molar refractivity (Wildman–Crippen MR) is 89.0 cm³/mol. The second-order valence-corrected chi connectivity index (χ2v) is 7.58. The quantitative estimate of drug-likeness (QED) is 0.878. The molecule has 0 aliphatic rings. The number of carbonyl (C=O) groups is 1. The highest BCUT2D eigenvalue weighted by Crippen LogP contribution is 2.22. The maximum atomic E-state index is 11.5. The number of carboxylic acid groups (broad SMARTS) is 1. The summed E-state index contributed by atoms with van der Waals surface area (Å²) in [6.07, 6.45) is 1.18. The van der Waals surface area contributed by atoms with E-state index < -0.39 is 15.8 Å². The second kappa shape index (κ2) is 6.93. The van der Waals surface area contributed by atoms with Crippen LogP contribution in [0.4, 0.5) is 0 Å². The Morgan fingerprint density at radius 3 is 2.30 bits per heavy atom. The Labute approximate surface area is 136 Å². The molecule has 5 nitrogen and oxygen atoms in total. The molecule has 0 amide bonds. The fourth-order valence-corrected chi connectivity index (χ4v) is 2.97. The highest BCUT2D eigenvalue weighted by molar-refractivity contribution is 7.90. The van der Waals surface area contributed by atoms with Crippen LogP contribution in [0.3, 0.4) is 0 Å². The van der Waals surface area contributed by atoms with E-state index in [0.29, 0.717) is 11.4 Å². The second-order valence-electron chi connectivity index (χ2n) is 5.56. The first kappa shape index (κ1) is 17.2. The zero-order valence-corrected chi connectivity index (χ0v) is 13.9. The van der Waals surface area contributed by atoms with E-state index in [-0.39, 0.29) is 6.54 Å². The summed E-state index contributed by atoms with van der Waals surface area (Å²) in [4.78, 5) is 12.7. The summed E-state index contributed by atoms with van der Waals surface area (Å²) >= 11 is 0. The van der Waals surface area contributed by atoms with Crippen molar-refractivity contribution in [2.24, 2.45) is 0 Å². The Kier molecular flexibility index (Phi) is 5.18. The predicted octanol–water partition coefficient (Wildman–Crippen LogP) is 2.27. The van der Waals surface area contributed by atoms with Crippen molar-refractivity contribution in [3.8, 4) is 11.1 Å². The van der Waals surface area contributed by atoms with Gasteiger partial charge in [0, 0.05) is 12.8 Å². The number of rotatable bonds is 6. The lowest BCUT2D eigenvalue weighted by molar-refractivity contribution is -0.138. The van der Waals surface area contributed by atoms with Crippen LogP contribution >= 0.6 is 0 Å². The van der Waals surface area contributed by atoms with Crippen LogP contribution < -0.4 is 0 Å². The van der Waals surface area contributed by atoms with Crippen molar-refractivity contribution in [1.82, 2.24) is 4.90 Å². The summed E-state index contributed by atoms with van der Waals surface area (Å²) in [5.41, 5.74) is 2.88. The lowest BCUT2D eigenvalue weighted by atomic mass is 10.0. The van der Waals surface area contributed by atoms with E-state index in [1.807, 2.05) is 24.3 Å². The molecule has 0 fully saturated rings. The fraction of sp³-hybridized carbons (Fsp3) is 0.235. The van der Waals surface area contributed by atoms with Crippen molar-refractivity contribution in [3.05, 3.63) is 54.1 Å². The van der Waals surface area contributed by atoms with Crippen LogP contribution in [-0.2, 0) is 21.2 Å². The number of nitrogens with zero attached hydrogens (tertiary/aromatic N) is 1. The molecule has 122 valence electrons. The highest BCUT2D eigenvalue weighted by atomic mass is 32.2. The Hall–Kier alpha value is -2.18. The number of hydrogen-bond acceptors (Lipinski definition) is 4. The van der Waals surface area contributed by atoms with Gasteiger partial charge in [0.1, 0.15) is 0 Å². The lowest BCUT2D eigenvalue weighted by Crippen LogP contribution is -2.25. The normalized spacial score (nSPS) is 11.6. The molecular weight excluding hydrogens is 314 g/mol. The summed E-state index contributed by atoms with van der Waals surface area (Å²) in [5, 5.41) is 8.80. The summed E-state index contributed by atoms with van der Waals surface area (Å²) in [6.45, 7) is 0.509. The van der Waals surface area contributed by atoms with Crippen molar-refractivity contribution in [3.63, 3.8) is 0 Å². The van der Waals surface area contributed by atoms with Gasteiger partial charge in [0.25, 0.3) is 0 Å². The molecule has 2 rings (SSSR count). The minimum Gasteiger partial charge on any atom is -0.480 e. The molecule has 0 spiro atoms. The topological polar surface area (TPSA) is 74.7 Å². The third kappa shape index (κ3) is 4.91. The van der Waals surface area contributed by atoms with E-state index in [2.05, 4.69) is 0 Å². The fourth-order valence-electron chi connectivity index (χ4n) is 2.34. The van der Waals surface area contributed by atoms with E-state index in [1.165, 1.54) is 6.26 Å². The van der Waals surface area contributed by atoms with Gasteiger partial charge in [-0.05, 0) is 41.9 Å². The number of hydrogen-bond donors (Lipinski definition) is 1. The summed E-state index contributed by atoms with van der Waals surface area (Å²) in [7, 11) is -1.45. The van der Waals surface area contributed by atoms with Crippen LogP contribution in [0.2, 0.25) is 0 Å². The molecule has 0 radical (unpaired) electrons. The van der Waals surface area contributed by atoms with Gasteiger partial charge in [-0.3, -0.25) is 9.69 Å². The molecular formula is C17H19NO4S. The molecule has 2 aromatic carbocycles. The molecule has 0 aromatic heterocycles. The molecule has 0 saturated carbocycles. The SMILES string of the molecule is CN(CC(=O)O)Cc1cccc(-c2ccc(S(C)(=O)=O)cc2)c1. The number of aliphatic carboxylic acids is 1. The van der Waals surface area contributed by atoms with Crippen molar-refractivity contribution in [2.75, 3.05) is 19.8 Å². The molecule has 6 heteroatoms. The van der Waals surface area contributed by atoms with Crippen LogP contribution in [0.1, 0.15) is 5.56 Å². The molecule has 1 N–H and O–H groups in total. The molecule has 0 atom stereocenters. The largest absolute Gasteiger partial charge is 0.480 e. The number of likely N-dealkylation sites (N-methyl/N-ethyl adjacent to an activating group) is 1. The number of benzene rings is 2. The number of sulfone groups is 1. The van der Waals surface area contributed by atoms with E-state index in [1.54, 1.807) is 36.2 Å². The maximum Gasteiger partial charge on any atom is 0.317 e. The molecule has 0 aliphatic carbocycles. The van der Waals surface area contributed by atoms with Gasteiger partial charge in [0.05, 0.1) is 11.4 Å². The van der Waals surface area contributed by atoms with Crippen LogP contribution in [0.5, 0.6) is 0 Å². The van der Waals surface area contributed by atoms with Crippen LogP contribution in [-0.4, -0.2) is 44.2 Å². The van der Waals surface area contributed by atoms with Gasteiger partial charge < -0.3 is 5.11 Å². The average Bonchev–Trinajstić information content (AvgIpc) is 2.46. The molecule has 2 aromatic rings. The van der Waals surface area contributed by atoms with Crippen LogP contribution in [0.15, 0.2) is 53.4 Å². The van der Waals surface area contributed by atoms with E-state index in [9.17, 15) is 13.2 Å². The van der Waals surface area contributed by atoms with Crippen LogP contribution in [0, 0.1) is 0 Å². The number of carboxylic acids is 1. The average molecular weight is 333 g/mol. The molecule has 0 heterocycles. The van der Waals surface area contributed by atoms with Gasteiger partial charge in [-0.15, -0.1) is 0 Å². The van der Waals surface area contributed by atoms with Crippen LogP contribution in [0.25, 0.3) is 11.1 Å². The van der Waals surface area contributed by atoms with E-state index >= 15 is 0 Å². The van der Waals surface area contributed by atoms with E-state index in [4.69, 9.17) is 5.11 Å². The van der Waals surface area contributed by atoms with Gasteiger partial charge >= 0.3 is 5.97 Å². The van der Waals surface area contributed by atoms with Gasteiger partial charge in [-0.1, -0.05) is 30.3 Å². The van der Waals surface area contributed by atoms with Gasteiger partial charge in [-0.2, -0.15) is 0 Å². The van der Waals surface area contributed by atoms with Gasteiger partial charge in [0.2, 0.25) is 0 Å². The Morgan fingerprint density at radius 2 is 1.74 bits per heavy atom. The summed E-state index contributed by atoms with van der Waals surface area (Å²) in [5.74, 6) is -0.861. The summed E-state index contributed by atoms with van der Waals surface area (Å²) < 4.78 is 23.0. The Morgan fingerprint density at radius 1 is 1.09 bits per heavy atom. The third-order valence-electron chi connectivity index (χ3n) is 3.40. The van der Waals surface area contributed by atoms with Gasteiger partial charge in [-0.25, -0.2) is 8.42 Å². The maximum absolute atomic E-state index is 11.5. The van der Waals surface area contributed by atoms with Gasteiger partial charge in [0.15, 0.2) is 9.84 Å². The molecule has 23 heavy (non-hydrogen) atoms. The first-order valence-electron chi connectivity index (χ1n) is 7.05. The minimum absolute atomic E-state index is 0.0206. The third-order valence-corrected chi connectivity index (χ3v) is 4.53. The zero-order valence-electron chi connectivity index (χ0n) is 13.1. The highest BCUT2D eigenvalue weighted by Gasteiger charge is 2.08. The van der Waals surface area contributed by atoms with Crippen molar-refractivity contribution in [2.45, 2.75) is 11.4 Å². The summed E-state index contributed by atoms with van der Waals surface area (Å²) in [6, 6.07) is 14.5.